The monoisotopic (exact) mass is 467 g/mol. The summed E-state index contributed by atoms with van der Waals surface area (Å²) in [5, 5.41) is 6.59. The number of ether oxygens (including phenoxy) is 2. The van der Waals surface area contributed by atoms with Crippen LogP contribution in [0.3, 0.4) is 0 Å². The Kier molecular flexibility index (Phi) is 8.54. The normalized spacial score (nSPS) is 15.4. The molecule has 0 unspecified atom stereocenters. The number of aryl methyl sites for hydroxylation is 1. The Morgan fingerprint density at radius 3 is 2.48 bits per heavy atom. The lowest BCUT2D eigenvalue weighted by Gasteiger charge is -2.26. The van der Waals surface area contributed by atoms with Crippen LogP contribution in [0.5, 0.6) is 5.75 Å². The molecular weight excluding hydrogens is 438 g/mol. The molecule has 1 atom stereocenters. The fourth-order valence-corrected chi connectivity index (χ4v) is 4.13. The minimum atomic E-state index is -0.601. The van der Waals surface area contributed by atoms with Crippen LogP contribution in [0.15, 0.2) is 64.8 Å². The third kappa shape index (κ3) is 6.38. The number of nitrogens with zero attached hydrogens (tertiary/aromatic N) is 1. The Hall–Kier alpha value is -3.26. The average Bonchev–Trinajstić information content (AvgIpc) is 2.79. The molecule has 0 saturated carbocycles. The van der Waals surface area contributed by atoms with Crippen LogP contribution in [-0.4, -0.2) is 36.0 Å². The number of thioether (sulfide) groups is 1. The standard InChI is InChI=1S/C25H29N3O4S/c1-5-31-20-10-8-7-9-19(20)23-22(24(30)32-6-2)17(4)26-25(28-23)33-15-21(29)27-18-13-11-16(3)12-14-18/h7-14,23H,5-6,15H2,1-4H3,(H,26,28)(H,27,29)/t23-/m1/s1. The molecule has 0 spiro atoms. The predicted molar refractivity (Wildman–Crippen MR) is 133 cm³/mol. The van der Waals surface area contributed by atoms with Crippen LogP contribution in [0, 0.1) is 6.92 Å². The lowest BCUT2D eigenvalue weighted by atomic mass is 9.96. The lowest BCUT2D eigenvalue weighted by Crippen LogP contribution is -2.31. The van der Waals surface area contributed by atoms with E-state index in [1.165, 1.54) is 11.8 Å². The van der Waals surface area contributed by atoms with Crippen molar-refractivity contribution in [2.24, 2.45) is 4.99 Å². The number of hydrogen-bond donors (Lipinski definition) is 2. The number of benzene rings is 2. The van der Waals surface area contributed by atoms with E-state index in [0.717, 1.165) is 16.8 Å². The lowest BCUT2D eigenvalue weighted by molar-refractivity contribution is -0.139. The zero-order chi connectivity index (χ0) is 23.8. The molecule has 2 N–H and O–H groups in total. The van der Waals surface area contributed by atoms with Crippen molar-refractivity contribution < 1.29 is 19.1 Å². The van der Waals surface area contributed by atoms with Crippen molar-refractivity contribution >= 4 is 34.5 Å². The number of nitrogens with one attached hydrogen (secondary N) is 2. The topological polar surface area (TPSA) is 89.0 Å². The van der Waals surface area contributed by atoms with E-state index in [1.54, 1.807) is 6.92 Å². The third-order valence-electron chi connectivity index (χ3n) is 4.90. The highest BCUT2D eigenvalue weighted by molar-refractivity contribution is 8.14. The van der Waals surface area contributed by atoms with Crippen LogP contribution in [0.4, 0.5) is 5.69 Å². The predicted octanol–water partition coefficient (Wildman–Crippen LogP) is 4.60. The summed E-state index contributed by atoms with van der Waals surface area (Å²) in [6.07, 6.45) is 0. The Bertz CT molecular complexity index is 1060. The minimum absolute atomic E-state index is 0.141. The second-order valence-electron chi connectivity index (χ2n) is 7.39. The molecule has 0 bridgehead atoms. The molecule has 0 aliphatic carbocycles. The van der Waals surface area contributed by atoms with Crippen LogP contribution in [0.2, 0.25) is 0 Å². The van der Waals surface area contributed by atoms with Gasteiger partial charge in [0.1, 0.15) is 11.8 Å². The first-order chi connectivity index (χ1) is 15.9. The number of amidine groups is 1. The van der Waals surface area contributed by atoms with Gasteiger partial charge in [-0.25, -0.2) is 9.79 Å². The number of carbonyl (C=O) groups is 2. The van der Waals surface area contributed by atoms with Gasteiger partial charge in [0.25, 0.3) is 0 Å². The number of rotatable bonds is 8. The first-order valence-corrected chi connectivity index (χ1v) is 11.8. The van der Waals surface area contributed by atoms with Gasteiger partial charge in [0.2, 0.25) is 5.91 Å². The van der Waals surface area contributed by atoms with Crippen LogP contribution < -0.4 is 15.4 Å². The van der Waals surface area contributed by atoms with E-state index >= 15 is 0 Å². The van der Waals surface area contributed by atoms with Gasteiger partial charge in [-0.05, 0) is 45.9 Å². The summed E-state index contributed by atoms with van der Waals surface area (Å²) in [6.45, 7) is 8.23. The summed E-state index contributed by atoms with van der Waals surface area (Å²) in [5.41, 5.74) is 3.71. The van der Waals surface area contributed by atoms with E-state index in [9.17, 15) is 9.59 Å². The van der Waals surface area contributed by atoms with Gasteiger partial charge in [0, 0.05) is 16.9 Å². The van der Waals surface area contributed by atoms with E-state index in [2.05, 4.69) is 10.6 Å². The second-order valence-corrected chi connectivity index (χ2v) is 8.36. The van der Waals surface area contributed by atoms with Gasteiger partial charge in [0.05, 0.1) is 24.5 Å². The van der Waals surface area contributed by atoms with Gasteiger partial charge in [-0.2, -0.15) is 0 Å². The Balaban J connectivity index is 1.81. The highest BCUT2D eigenvalue weighted by atomic mass is 32.2. The van der Waals surface area contributed by atoms with E-state index < -0.39 is 12.0 Å². The molecule has 174 valence electrons. The van der Waals surface area contributed by atoms with Gasteiger partial charge >= 0.3 is 5.97 Å². The average molecular weight is 468 g/mol. The fraction of sp³-hybridized carbons (Fsp3) is 0.320. The second kappa shape index (κ2) is 11.6. The zero-order valence-corrected chi connectivity index (χ0v) is 20.1. The minimum Gasteiger partial charge on any atom is -0.494 e. The molecule has 0 saturated heterocycles. The molecule has 7 nitrogen and oxygen atoms in total. The summed E-state index contributed by atoms with van der Waals surface area (Å²) >= 11 is 1.28. The Morgan fingerprint density at radius 1 is 1.06 bits per heavy atom. The number of allylic oxidation sites excluding steroid dienone is 1. The first kappa shape index (κ1) is 24.4. The van der Waals surface area contributed by atoms with Gasteiger partial charge in [0.15, 0.2) is 5.17 Å². The molecule has 1 aliphatic rings. The fourth-order valence-electron chi connectivity index (χ4n) is 3.38. The van der Waals surface area contributed by atoms with Crippen LogP contribution in [-0.2, 0) is 14.3 Å². The molecule has 0 radical (unpaired) electrons. The van der Waals surface area contributed by atoms with Gasteiger partial charge in [-0.1, -0.05) is 47.7 Å². The largest absolute Gasteiger partial charge is 0.494 e. The molecule has 1 amide bonds. The van der Waals surface area contributed by atoms with Crippen molar-refractivity contribution in [2.45, 2.75) is 33.7 Å². The maximum absolute atomic E-state index is 12.8. The number of aliphatic imine (C=N–C) groups is 1. The van der Waals surface area contributed by atoms with E-state index in [4.69, 9.17) is 14.5 Å². The quantitative estimate of drug-likeness (QED) is 0.552. The van der Waals surface area contributed by atoms with E-state index in [-0.39, 0.29) is 18.3 Å². The van der Waals surface area contributed by atoms with Gasteiger partial charge in [-0.15, -0.1) is 0 Å². The molecule has 2 aromatic rings. The summed E-state index contributed by atoms with van der Waals surface area (Å²) in [4.78, 5) is 30.0. The van der Waals surface area contributed by atoms with Crippen molar-refractivity contribution in [3.8, 4) is 5.75 Å². The summed E-state index contributed by atoms with van der Waals surface area (Å²) in [7, 11) is 0. The molecule has 2 aromatic carbocycles. The molecule has 33 heavy (non-hydrogen) atoms. The molecule has 1 aliphatic heterocycles. The van der Waals surface area contributed by atoms with Crippen LogP contribution in [0.1, 0.15) is 37.9 Å². The number of amides is 1. The zero-order valence-electron chi connectivity index (χ0n) is 19.3. The van der Waals surface area contributed by atoms with Gasteiger partial charge < -0.3 is 20.1 Å². The maximum Gasteiger partial charge on any atom is 0.338 e. The summed E-state index contributed by atoms with van der Waals surface area (Å²) in [6, 6.07) is 14.5. The van der Waals surface area contributed by atoms with Crippen LogP contribution in [0.25, 0.3) is 0 Å². The van der Waals surface area contributed by atoms with E-state index in [1.807, 2.05) is 69.3 Å². The summed E-state index contributed by atoms with van der Waals surface area (Å²) < 4.78 is 11.1. The van der Waals surface area contributed by atoms with Gasteiger partial charge in [-0.3, -0.25) is 4.79 Å². The third-order valence-corrected chi connectivity index (χ3v) is 5.79. The first-order valence-electron chi connectivity index (χ1n) is 10.9. The van der Waals surface area contributed by atoms with Crippen molar-refractivity contribution in [1.29, 1.82) is 0 Å². The molecular formula is C25H29N3O4S. The SMILES string of the molecule is CCOC(=O)C1=C(C)NC(SCC(=O)Nc2ccc(C)cc2)=N[C@@H]1c1ccccc1OCC. The summed E-state index contributed by atoms with van der Waals surface area (Å²) in [5.74, 6) is 0.259. The van der Waals surface area contributed by atoms with Crippen LogP contribution >= 0.6 is 11.8 Å². The number of esters is 1. The highest BCUT2D eigenvalue weighted by Gasteiger charge is 2.32. The molecule has 0 fully saturated rings. The van der Waals surface area contributed by atoms with Crippen molar-refractivity contribution in [3.63, 3.8) is 0 Å². The molecule has 8 heteroatoms. The van der Waals surface area contributed by atoms with Crippen molar-refractivity contribution in [2.75, 3.05) is 24.3 Å². The number of carbonyl (C=O) groups excluding carboxylic acids is 2. The van der Waals surface area contributed by atoms with Crippen molar-refractivity contribution in [1.82, 2.24) is 5.32 Å². The van der Waals surface area contributed by atoms with Crippen molar-refractivity contribution in [3.05, 3.63) is 70.9 Å². The van der Waals surface area contributed by atoms with E-state index in [0.29, 0.717) is 28.8 Å². The Labute approximate surface area is 198 Å². The Morgan fingerprint density at radius 2 is 1.79 bits per heavy atom. The number of hydrogen-bond acceptors (Lipinski definition) is 7. The number of anilines is 1. The highest BCUT2D eigenvalue weighted by Crippen LogP contribution is 2.37. The molecule has 3 rings (SSSR count). The number of para-hydroxylation sites is 1. The maximum atomic E-state index is 12.8. The smallest absolute Gasteiger partial charge is 0.338 e. The molecule has 0 aromatic heterocycles. The molecule has 1 heterocycles.